The Morgan fingerprint density at radius 1 is 1.04 bits per heavy atom. The van der Waals surface area contributed by atoms with E-state index in [0.29, 0.717) is 40.6 Å². The van der Waals surface area contributed by atoms with E-state index in [1.54, 1.807) is 25.3 Å². The van der Waals surface area contributed by atoms with Gasteiger partial charge in [-0.3, -0.25) is 0 Å². The first-order valence-corrected chi connectivity index (χ1v) is 8.36. The topological polar surface area (TPSA) is 81.2 Å². The lowest BCUT2D eigenvalue weighted by atomic mass is 10.3. The minimum Gasteiger partial charge on any atom is -0.495 e. The van der Waals surface area contributed by atoms with Gasteiger partial charge >= 0.3 is 0 Å². The van der Waals surface area contributed by atoms with E-state index in [1.807, 2.05) is 31.2 Å². The maximum atomic E-state index is 6.06. The van der Waals surface area contributed by atoms with Crippen LogP contribution in [0.3, 0.4) is 0 Å². The second kappa shape index (κ2) is 8.35. The van der Waals surface area contributed by atoms with Crippen LogP contribution in [0.4, 0.5) is 23.1 Å². The zero-order valence-corrected chi connectivity index (χ0v) is 15.1. The van der Waals surface area contributed by atoms with Crippen LogP contribution in [0.25, 0.3) is 0 Å². The number of aromatic nitrogens is 3. The molecule has 0 atom stereocenters. The van der Waals surface area contributed by atoms with Gasteiger partial charge in [-0.15, -0.1) is 5.10 Å². The molecule has 0 aliphatic rings. The first kappa shape index (κ1) is 17.8. The van der Waals surface area contributed by atoms with Gasteiger partial charge in [0.05, 0.1) is 31.3 Å². The fourth-order valence-corrected chi connectivity index (χ4v) is 2.48. The van der Waals surface area contributed by atoms with Crippen LogP contribution in [-0.4, -0.2) is 28.9 Å². The number of benzene rings is 2. The van der Waals surface area contributed by atoms with E-state index in [4.69, 9.17) is 21.1 Å². The van der Waals surface area contributed by atoms with Gasteiger partial charge < -0.3 is 20.1 Å². The Labute approximate surface area is 156 Å². The van der Waals surface area contributed by atoms with Gasteiger partial charge in [-0.1, -0.05) is 23.7 Å². The molecule has 0 fully saturated rings. The number of ether oxygens (including phenoxy) is 2. The zero-order chi connectivity index (χ0) is 18.4. The van der Waals surface area contributed by atoms with Crippen LogP contribution in [-0.2, 0) is 0 Å². The lowest BCUT2D eigenvalue weighted by Crippen LogP contribution is -2.04. The molecule has 2 N–H and O–H groups in total. The maximum absolute atomic E-state index is 6.06. The Hall–Kier alpha value is -3.06. The van der Waals surface area contributed by atoms with E-state index < -0.39 is 0 Å². The molecule has 7 nitrogen and oxygen atoms in total. The zero-order valence-electron chi connectivity index (χ0n) is 14.4. The van der Waals surface area contributed by atoms with Crippen molar-refractivity contribution in [3.8, 4) is 11.5 Å². The minimum atomic E-state index is 0.336. The number of nitrogens with one attached hydrogen (secondary N) is 2. The lowest BCUT2D eigenvalue weighted by molar-refractivity contribution is 0.342. The van der Waals surface area contributed by atoms with Gasteiger partial charge in [0.15, 0.2) is 5.82 Å². The number of anilines is 4. The van der Waals surface area contributed by atoms with Gasteiger partial charge in [-0.25, -0.2) is 0 Å². The van der Waals surface area contributed by atoms with Crippen molar-refractivity contribution < 1.29 is 9.47 Å². The predicted octanol–water partition coefficient (Wildman–Crippen LogP) is 4.42. The summed E-state index contributed by atoms with van der Waals surface area (Å²) in [6.45, 7) is 2.49. The van der Waals surface area contributed by atoms with Gasteiger partial charge in [0.25, 0.3) is 0 Å². The van der Waals surface area contributed by atoms with Gasteiger partial charge in [-0.05, 0) is 37.3 Å². The summed E-state index contributed by atoms with van der Waals surface area (Å²) in [4.78, 5) is 4.42. The highest BCUT2D eigenvalue weighted by Crippen LogP contribution is 2.30. The molecule has 3 rings (SSSR count). The molecule has 0 aliphatic carbocycles. The van der Waals surface area contributed by atoms with Crippen molar-refractivity contribution in [3.63, 3.8) is 0 Å². The van der Waals surface area contributed by atoms with E-state index in [1.165, 1.54) is 6.20 Å². The van der Waals surface area contributed by atoms with Crippen molar-refractivity contribution >= 4 is 34.7 Å². The first-order valence-electron chi connectivity index (χ1n) is 7.98. The molecule has 26 heavy (non-hydrogen) atoms. The number of rotatable bonds is 7. The summed E-state index contributed by atoms with van der Waals surface area (Å²) in [5.74, 6) is 2.19. The fourth-order valence-electron chi connectivity index (χ4n) is 2.30. The van der Waals surface area contributed by atoms with Crippen molar-refractivity contribution in [2.45, 2.75) is 6.92 Å². The quantitative estimate of drug-likeness (QED) is 0.636. The Balaban J connectivity index is 1.82. The molecule has 0 aliphatic heterocycles. The minimum absolute atomic E-state index is 0.336. The number of methoxy groups -OCH3 is 1. The molecule has 0 radical (unpaired) electrons. The predicted molar refractivity (Wildman–Crippen MR) is 102 cm³/mol. The van der Waals surface area contributed by atoms with E-state index in [-0.39, 0.29) is 0 Å². The molecular weight excluding hydrogens is 354 g/mol. The third kappa shape index (κ3) is 4.31. The standard InChI is InChI=1S/C18H18ClN5O2/c1-3-26-16-7-5-4-6-13(16)22-18-23-17(11-20-24-18)21-14-10-12(19)8-9-15(14)25-2/h4-11H,3H2,1-2H3,(H2,21,22,23,24). The summed E-state index contributed by atoms with van der Waals surface area (Å²) in [5.41, 5.74) is 1.44. The molecule has 3 aromatic rings. The smallest absolute Gasteiger partial charge is 0.249 e. The van der Waals surface area contributed by atoms with Crippen LogP contribution in [0, 0.1) is 0 Å². The molecule has 1 heterocycles. The van der Waals surface area contributed by atoms with Crippen molar-refractivity contribution in [3.05, 3.63) is 53.7 Å². The second-order valence-electron chi connectivity index (χ2n) is 5.19. The van der Waals surface area contributed by atoms with Gasteiger partial charge in [0, 0.05) is 5.02 Å². The molecule has 2 aromatic carbocycles. The average Bonchev–Trinajstić information content (AvgIpc) is 2.64. The third-order valence-electron chi connectivity index (χ3n) is 3.42. The van der Waals surface area contributed by atoms with E-state index in [9.17, 15) is 0 Å². The molecule has 1 aromatic heterocycles. The third-order valence-corrected chi connectivity index (χ3v) is 3.65. The average molecular weight is 372 g/mol. The van der Waals surface area contributed by atoms with Crippen LogP contribution in [0.1, 0.15) is 6.92 Å². The van der Waals surface area contributed by atoms with E-state index in [0.717, 1.165) is 5.69 Å². The molecular formula is C18H18ClN5O2. The SMILES string of the molecule is CCOc1ccccc1Nc1nncc(Nc2cc(Cl)ccc2OC)n1. The van der Waals surface area contributed by atoms with Crippen LogP contribution in [0.15, 0.2) is 48.7 Å². The molecule has 134 valence electrons. The number of para-hydroxylation sites is 2. The van der Waals surface area contributed by atoms with Crippen LogP contribution in [0.5, 0.6) is 11.5 Å². The molecule has 0 amide bonds. The van der Waals surface area contributed by atoms with Crippen LogP contribution in [0.2, 0.25) is 5.02 Å². The number of hydrogen-bond acceptors (Lipinski definition) is 7. The number of halogens is 1. The van der Waals surface area contributed by atoms with Crippen molar-refractivity contribution in [2.24, 2.45) is 0 Å². The largest absolute Gasteiger partial charge is 0.495 e. The van der Waals surface area contributed by atoms with Gasteiger partial charge in [0.2, 0.25) is 5.95 Å². The van der Waals surface area contributed by atoms with Gasteiger partial charge in [-0.2, -0.15) is 10.1 Å². The Morgan fingerprint density at radius 3 is 2.69 bits per heavy atom. The summed E-state index contributed by atoms with van der Waals surface area (Å²) < 4.78 is 10.9. The summed E-state index contributed by atoms with van der Waals surface area (Å²) in [7, 11) is 1.59. The van der Waals surface area contributed by atoms with Gasteiger partial charge in [0.1, 0.15) is 11.5 Å². The number of nitrogens with zero attached hydrogens (tertiary/aromatic N) is 3. The van der Waals surface area contributed by atoms with Crippen LogP contribution >= 0.6 is 11.6 Å². The molecule has 8 heteroatoms. The molecule has 0 spiro atoms. The molecule has 0 unspecified atom stereocenters. The summed E-state index contributed by atoms with van der Waals surface area (Å²) in [6.07, 6.45) is 1.51. The first-order chi connectivity index (χ1) is 12.7. The van der Waals surface area contributed by atoms with E-state index in [2.05, 4.69) is 25.8 Å². The lowest BCUT2D eigenvalue weighted by Gasteiger charge is -2.13. The summed E-state index contributed by atoms with van der Waals surface area (Å²) >= 11 is 6.06. The highest BCUT2D eigenvalue weighted by atomic mass is 35.5. The highest BCUT2D eigenvalue weighted by molar-refractivity contribution is 6.31. The maximum Gasteiger partial charge on any atom is 0.249 e. The second-order valence-corrected chi connectivity index (χ2v) is 5.63. The van der Waals surface area contributed by atoms with Crippen molar-refractivity contribution in [2.75, 3.05) is 24.4 Å². The molecule has 0 saturated heterocycles. The Kier molecular flexibility index (Phi) is 5.70. The Morgan fingerprint density at radius 2 is 1.88 bits per heavy atom. The normalized spacial score (nSPS) is 10.3. The van der Waals surface area contributed by atoms with Crippen LogP contribution < -0.4 is 20.1 Å². The number of hydrogen-bond donors (Lipinski definition) is 2. The van der Waals surface area contributed by atoms with E-state index >= 15 is 0 Å². The summed E-state index contributed by atoms with van der Waals surface area (Å²) in [5, 5.41) is 14.8. The molecule has 0 saturated carbocycles. The molecule has 0 bridgehead atoms. The monoisotopic (exact) mass is 371 g/mol. The summed E-state index contributed by atoms with van der Waals surface area (Å²) in [6, 6.07) is 12.8. The highest BCUT2D eigenvalue weighted by Gasteiger charge is 2.09. The Bertz CT molecular complexity index is 891. The van der Waals surface area contributed by atoms with Crippen molar-refractivity contribution in [1.82, 2.24) is 15.2 Å². The fraction of sp³-hybridized carbons (Fsp3) is 0.167. The van der Waals surface area contributed by atoms with Crippen molar-refractivity contribution in [1.29, 1.82) is 0 Å².